The van der Waals surface area contributed by atoms with E-state index < -0.39 is 5.41 Å². The Labute approximate surface area is 111 Å². The quantitative estimate of drug-likeness (QED) is 0.464. The number of carbonyl (C=O) groups is 2. The molecule has 1 aromatic carbocycles. The highest BCUT2D eigenvalue weighted by molar-refractivity contribution is 5.96. The van der Waals surface area contributed by atoms with Crippen LogP contribution in [0.25, 0.3) is 0 Å². The molecule has 100 valence electrons. The van der Waals surface area contributed by atoms with E-state index in [0.717, 1.165) is 36.1 Å². The molecule has 0 atom stereocenters. The number of hydrazine groups is 1. The van der Waals surface area contributed by atoms with E-state index in [1.165, 1.54) is 0 Å². The first kappa shape index (κ1) is 12.2. The number of anilines is 1. The lowest BCUT2D eigenvalue weighted by Gasteiger charge is -2.27. The summed E-state index contributed by atoms with van der Waals surface area (Å²) in [6, 6.07) is 5.93. The monoisotopic (exact) mass is 259 g/mol. The first-order chi connectivity index (χ1) is 9.08. The molecule has 2 amide bonds. The van der Waals surface area contributed by atoms with E-state index in [0.29, 0.717) is 6.42 Å². The van der Waals surface area contributed by atoms with E-state index in [1.807, 2.05) is 12.1 Å². The van der Waals surface area contributed by atoms with E-state index in [-0.39, 0.29) is 11.8 Å². The van der Waals surface area contributed by atoms with Gasteiger partial charge in [-0.1, -0.05) is 12.1 Å². The van der Waals surface area contributed by atoms with Gasteiger partial charge in [0.05, 0.1) is 5.41 Å². The molecule has 0 saturated heterocycles. The van der Waals surface area contributed by atoms with Crippen molar-refractivity contribution in [2.75, 3.05) is 11.9 Å². The normalized spacial score (nSPS) is 19.9. The Kier molecular flexibility index (Phi) is 2.60. The number of benzene rings is 1. The van der Waals surface area contributed by atoms with E-state index in [2.05, 4.69) is 11.5 Å². The van der Waals surface area contributed by atoms with Crippen LogP contribution in [-0.2, 0) is 21.4 Å². The van der Waals surface area contributed by atoms with Gasteiger partial charge in [0, 0.05) is 19.2 Å². The van der Waals surface area contributed by atoms with Gasteiger partial charge in [0.2, 0.25) is 11.8 Å². The van der Waals surface area contributed by atoms with Crippen molar-refractivity contribution in [1.29, 1.82) is 0 Å². The number of hydrogen-bond donors (Lipinski definition) is 2. The molecule has 1 saturated carbocycles. The minimum Gasteiger partial charge on any atom is -0.315 e. The molecule has 1 aliphatic carbocycles. The third-order valence-electron chi connectivity index (χ3n) is 4.29. The molecule has 0 aromatic heterocycles. The van der Waals surface area contributed by atoms with Crippen molar-refractivity contribution in [3.63, 3.8) is 0 Å². The van der Waals surface area contributed by atoms with Crippen molar-refractivity contribution in [3.05, 3.63) is 29.3 Å². The summed E-state index contributed by atoms with van der Waals surface area (Å²) in [7, 11) is 1.79. The molecule has 1 fully saturated rings. The van der Waals surface area contributed by atoms with Gasteiger partial charge in [0.1, 0.15) is 0 Å². The third kappa shape index (κ3) is 1.73. The van der Waals surface area contributed by atoms with Crippen molar-refractivity contribution < 1.29 is 9.59 Å². The van der Waals surface area contributed by atoms with E-state index >= 15 is 0 Å². The van der Waals surface area contributed by atoms with Crippen LogP contribution in [0.3, 0.4) is 0 Å². The average Bonchev–Trinajstić information content (AvgIpc) is 3.23. The Balaban J connectivity index is 1.99. The first-order valence-electron chi connectivity index (χ1n) is 6.49. The largest absolute Gasteiger partial charge is 0.315 e. The number of carbonyl (C=O) groups excluding carboxylic acids is 2. The molecule has 1 aromatic rings. The van der Waals surface area contributed by atoms with Crippen LogP contribution < -0.4 is 16.2 Å². The van der Waals surface area contributed by atoms with Crippen LogP contribution in [0.5, 0.6) is 0 Å². The minimum atomic E-state index is -0.441. The maximum absolute atomic E-state index is 11.9. The van der Waals surface area contributed by atoms with Crippen molar-refractivity contribution in [1.82, 2.24) is 5.43 Å². The summed E-state index contributed by atoms with van der Waals surface area (Å²) in [5.41, 5.74) is 4.91. The maximum Gasteiger partial charge on any atom is 0.244 e. The van der Waals surface area contributed by atoms with Crippen LogP contribution in [0, 0.1) is 0 Å². The topological polar surface area (TPSA) is 75.4 Å². The summed E-state index contributed by atoms with van der Waals surface area (Å²) in [4.78, 5) is 25.2. The SMILES string of the molecule is CN1C(=O)CCc2cc(C3(C(=O)NN)CC3)ccc21. The van der Waals surface area contributed by atoms with Crippen LogP contribution >= 0.6 is 0 Å². The minimum absolute atomic E-state index is 0.118. The lowest BCUT2D eigenvalue weighted by atomic mass is 9.90. The zero-order chi connectivity index (χ0) is 13.6. The van der Waals surface area contributed by atoms with Gasteiger partial charge >= 0.3 is 0 Å². The third-order valence-corrected chi connectivity index (χ3v) is 4.29. The number of amides is 2. The van der Waals surface area contributed by atoms with E-state index in [4.69, 9.17) is 5.84 Å². The number of nitrogens with zero attached hydrogens (tertiary/aromatic N) is 1. The molecule has 3 rings (SSSR count). The van der Waals surface area contributed by atoms with Gasteiger partial charge in [-0.15, -0.1) is 0 Å². The Morgan fingerprint density at radius 1 is 1.37 bits per heavy atom. The van der Waals surface area contributed by atoms with Gasteiger partial charge in [-0.3, -0.25) is 15.0 Å². The molecule has 0 spiro atoms. The first-order valence-corrected chi connectivity index (χ1v) is 6.49. The fraction of sp³-hybridized carbons (Fsp3) is 0.429. The zero-order valence-electron chi connectivity index (χ0n) is 10.9. The number of rotatable bonds is 2. The van der Waals surface area contributed by atoms with Crippen LogP contribution in [0.4, 0.5) is 5.69 Å². The Bertz CT molecular complexity index is 564. The second-order valence-electron chi connectivity index (χ2n) is 5.35. The molecule has 2 aliphatic rings. The summed E-state index contributed by atoms with van der Waals surface area (Å²) >= 11 is 0. The van der Waals surface area contributed by atoms with Crippen LogP contribution in [0.1, 0.15) is 30.4 Å². The molecule has 1 aliphatic heterocycles. The van der Waals surface area contributed by atoms with Gasteiger partial charge in [0.15, 0.2) is 0 Å². The number of fused-ring (bicyclic) bond motifs is 1. The summed E-state index contributed by atoms with van der Waals surface area (Å²) in [5.74, 6) is 5.28. The van der Waals surface area contributed by atoms with Gasteiger partial charge < -0.3 is 4.90 Å². The molecule has 3 N–H and O–H groups in total. The number of hydrogen-bond acceptors (Lipinski definition) is 3. The van der Waals surface area contributed by atoms with Crippen molar-refractivity contribution in [3.8, 4) is 0 Å². The highest BCUT2D eigenvalue weighted by atomic mass is 16.2. The summed E-state index contributed by atoms with van der Waals surface area (Å²) in [5, 5.41) is 0. The van der Waals surface area contributed by atoms with Crippen LogP contribution in [-0.4, -0.2) is 18.9 Å². The molecule has 5 nitrogen and oxygen atoms in total. The lowest BCUT2D eigenvalue weighted by Crippen LogP contribution is -2.39. The summed E-state index contributed by atoms with van der Waals surface area (Å²) < 4.78 is 0. The Morgan fingerprint density at radius 3 is 2.74 bits per heavy atom. The molecule has 0 radical (unpaired) electrons. The second-order valence-corrected chi connectivity index (χ2v) is 5.35. The summed E-state index contributed by atoms with van der Waals surface area (Å²) in [6.45, 7) is 0. The van der Waals surface area contributed by atoms with Crippen molar-refractivity contribution >= 4 is 17.5 Å². The van der Waals surface area contributed by atoms with Gasteiger partial charge in [-0.2, -0.15) is 0 Å². The van der Waals surface area contributed by atoms with Crippen molar-refractivity contribution in [2.24, 2.45) is 5.84 Å². The fourth-order valence-electron chi connectivity index (χ4n) is 2.86. The molecule has 5 heteroatoms. The predicted molar refractivity (Wildman–Crippen MR) is 71.4 cm³/mol. The smallest absolute Gasteiger partial charge is 0.244 e. The average molecular weight is 259 g/mol. The van der Waals surface area contributed by atoms with Gasteiger partial charge in [-0.25, -0.2) is 5.84 Å². The highest BCUT2D eigenvalue weighted by Gasteiger charge is 2.51. The second kappa shape index (κ2) is 4.06. The Morgan fingerprint density at radius 2 is 2.11 bits per heavy atom. The molecule has 0 unspecified atom stereocenters. The highest BCUT2D eigenvalue weighted by Crippen LogP contribution is 2.49. The molecule has 19 heavy (non-hydrogen) atoms. The molecular weight excluding hydrogens is 242 g/mol. The summed E-state index contributed by atoms with van der Waals surface area (Å²) in [6.07, 6.45) is 2.95. The zero-order valence-corrected chi connectivity index (χ0v) is 10.9. The number of nitrogens with two attached hydrogens (primary N) is 1. The van der Waals surface area contributed by atoms with E-state index in [1.54, 1.807) is 11.9 Å². The number of aryl methyl sites for hydroxylation is 1. The standard InChI is InChI=1S/C14H17N3O2/c1-17-11-4-3-10(8-9(11)2-5-12(17)18)14(6-7-14)13(19)16-15/h3-4,8H,2,5-7,15H2,1H3,(H,16,19). The van der Waals surface area contributed by atoms with Crippen molar-refractivity contribution in [2.45, 2.75) is 31.1 Å². The lowest BCUT2D eigenvalue weighted by molar-refractivity contribution is -0.123. The predicted octanol–water partition coefficient (Wildman–Crippen LogP) is 0.617. The van der Waals surface area contributed by atoms with Gasteiger partial charge in [0.25, 0.3) is 0 Å². The van der Waals surface area contributed by atoms with Crippen LogP contribution in [0.2, 0.25) is 0 Å². The fourth-order valence-corrected chi connectivity index (χ4v) is 2.86. The van der Waals surface area contributed by atoms with E-state index in [9.17, 15) is 9.59 Å². The van der Waals surface area contributed by atoms with Gasteiger partial charge in [-0.05, 0) is 36.5 Å². The molecule has 1 heterocycles. The van der Waals surface area contributed by atoms with Crippen LogP contribution in [0.15, 0.2) is 18.2 Å². The number of nitrogens with one attached hydrogen (secondary N) is 1. The maximum atomic E-state index is 11.9. The molecular formula is C14H17N3O2. The Hall–Kier alpha value is -1.88. The molecule has 0 bridgehead atoms.